The van der Waals surface area contributed by atoms with Crippen LogP contribution in [0.2, 0.25) is 0 Å². The van der Waals surface area contributed by atoms with Gasteiger partial charge in [0.2, 0.25) is 5.91 Å². The molecule has 0 saturated carbocycles. The van der Waals surface area contributed by atoms with Gasteiger partial charge in [-0.25, -0.2) is 0 Å². The van der Waals surface area contributed by atoms with Gasteiger partial charge in [0.05, 0.1) is 18.8 Å². The molecule has 0 aliphatic carbocycles. The average molecular weight is 616 g/mol. The Morgan fingerprint density at radius 2 is 1.00 bits per heavy atom. The van der Waals surface area contributed by atoms with Gasteiger partial charge in [0.25, 0.3) is 0 Å². The van der Waals surface area contributed by atoms with Crippen LogP contribution in [0.3, 0.4) is 0 Å². The molecule has 0 heterocycles. The van der Waals surface area contributed by atoms with Crippen molar-refractivity contribution in [2.45, 2.75) is 193 Å². The van der Waals surface area contributed by atoms with Gasteiger partial charge in [0, 0.05) is 6.42 Å². The van der Waals surface area contributed by atoms with E-state index >= 15 is 0 Å². The Balaban J connectivity index is 3.65. The van der Waals surface area contributed by atoms with Gasteiger partial charge in [-0.3, -0.25) is 4.79 Å². The van der Waals surface area contributed by atoms with Gasteiger partial charge >= 0.3 is 0 Å². The number of unbranched alkanes of at least 4 members (excludes halogenated alkanes) is 20. The summed E-state index contributed by atoms with van der Waals surface area (Å²) in [6, 6.07) is -0.636. The molecule has 0 aromatic heterocycles. The lowest BCUT2D eigenvalue weighted by atomic mass is 10.0. The summed E-state index contributed by atoms with van der Waals surface area (Å²) >= 11 is 0. The number of amides is 1. The molecule has 0 spiro atoms. The summed E-state index contributed by atoms with van der Waals surface area (Å²) < 4.78 is 0. The Morgan fingerprint density at radius 1 is 0.568 bits per heavy atom. The van der Waals surface area contributed by atoms with Crippen LogP contribution in [0.15, 0.2) is 48.6 Å². The summed E-state index contributed by atoms with van der Waals surface area (Å²) in [5, 5.41) is 22.9. The molecule has 0 radical (unpaired) electrons. The van der Waals surface area contributed by atoms with Crippen LogP contribution in [0.1, 0.15) is 181 Å². The number of aliphatic hydroxyl groups excluding tert-OH is 2. The third-order valence-electron chi connectivity index (χ3n) is 8.32. The highest BCUT2D eigenvalue weighted by molar-refractivity contribution is 5.76. The third kappa shape index (κ3) is 31.8. The first-order chi connectivity index (χ1) is 21.7. The van der Waals surface area contributed by atoms with Crippen LogP contribution < -0.4 is 5.32 Å². The number of allylic oxidation sites excluding steroid dienone is 7. The number of rotatable bonds is 33. The van der Waals surface area contributed by atoms with E-state index in [2.05, 4.69) is 55.6 Å². The van der Waals surface area contributed by atoms with Crippen molar-refractivity contribution in [2.24, 2.45) is 0 Å². The van der Waals surface area contributed by atoms with Crippen molar-refractivity contribution in [1.82, 2.24) is 5.32 Å². The lowest BCUT2D eigenvalue weighted by Crippen LogP contribution is -2.45. The lowest BCUT2D eigenvalue weighted by molar-refractivity contribution is -0.123. The summed E-state index contributed by atoms with van der Waals surface area (Å²) in [5.74, 6) is -0.0949. The second kappa shape index (κ2) is 35.8. The highest BCUT2D eigenvalue weighted by Crippen LogP contribution is 2.14. The van der Waals surface area contributed by atoms with E-state index in [1.54, 1.807) is 6.08 Å². The van der Waals surface area contributed by atoms with E-state index < -0.39 is 12.1 Å². The van der Waals surface area contributed by atoms with E-state index in [0.29, 0.717) is 6.42 Å². The van der Waals surface area contributed by atoms with Crippen LogP contribution >= 0.6 is 0 Å². The quantitative estimate of drug-likeness (QED) is 0.0508. The van der Waals surface area contributed by atoms with Gasteiger partial charge in [0.1, 0.15) is 0 Å². The number of carbonyl (C=O) groups is 1. The number of hydrogen-bond donors (Lipinski definition) is 3. The normalized spacial score (nSPS) is 13.6. The standard InChI is InChI=1S/C40H73NO3/c1-3-5-7-9-11-13-15-17-18-19-20-21-22-24-25-27-29-31-33-35-39(43)38(37-42)41-40(44)36-34-32-30-28-26-23-16-14-12-10-8-6-4-2/h6,8,12,14,23,26,33,35,38-39,42-43H,3-5,7,9-11,13,15-22,24-25,27-32,34,36-37H2,1-2H3,(H,41,44)/b8-6-,14-12-,26-23-,35-33+. The second-order valence-corrected chi connectivity index (χ2v) is 12.6. The molecule has 0 bridgehead atoms. The van der Waals surface area contributed by atoms with Crippen LogP contribution in [0.4, 0.5) is 0 Å². The lowest BCUT2D eigenvalue weighted by Gasteiger charge is -2.19. The van der Waals surface area contributed by atoms with Crippen LogP contribution in [0, 0.1) is 0 Å². The summed E-state index contributed by atoms with van der Waals surface area (Å²) in [6.07, 6.45) is 47.7. The maximum absolute atomic E-state index is 12.3. The van der Waals surface area contributed by atoms with Crippen molar-refractivity contribution in [1.29, 1.82) is 0 Å². The molecule has 44 heavy (non-hydrogen) atoms. The van der Waals surface area contributed by atoms with Gasteiger partial charge in [-0.2, -0.15) is 0 Å². The van der Waals surface area contributed by atoms with E-state index in [4.69, 9.17) is 0 Å². The fourth-order valence-electron chi connectivity index (χ4n) is 5.43. The second-order valence-electron chi connectivity index (χ2n) is 12.6. The molecule has 2 unspecified atom stereocenters. The first kappa shape index (κ1) is 42.3. The first-order valence-electron chi connectivity index (χ1n) is 18.9. The molecule has 1 amide bonds. The maximum atomic E-state index is 12.3. The molecule has 2 atom stereocenters. The predicted molar refractivity (Wildman–Crippen MR) is 193 cm³/mol. The molecule has 0 aliphatic rings. The number of nitrogens with one attached hydrogen (secondary N) is 1. The molecule has 0 aromatic carbocycles. The number of carbonyl (C=O) groups excluding carboxylic acids is 1. The van der Waals surface area contributed by atoms with Crippen LogP contribution in [0.5, 0.6) is 0 Å². The van der Waals surface area contributed by atoms with Gasteiger partial charge in [-0.15, -0.1) is 0 Å². The number of aliphatic hydroxyl groups is 2. The Labute approximate surface area is 274 Å². The Morgan fingerprint density at radius 3 is 1.50 bits per heavy atom. The molecule has 4 heteroatoms. The van der Waals surface area contributed by atoms with E-state index in [9.17, 15) is 15.0 Å². The van der Waals surface area contributed by atoms with Gasteiger partial charge in [-0.1, -0.05) is 172 Å². The molecule has 256 valence electrons. The van der Waals surface area contributed by atoms with Crippen molar-refractivity contribution in [3.05, 3.63) is 48.6 Å². The zero-order valence-electron chi connectivity index (χ0n) is 29.2. The van der Waals surface area contributed by atoms with Crippen molar-refractivity contribution in [3.8, 4) is 0 Å². The molecule has 0 aromatic rings. The molecule has 0 rings (SSSR count). The number of hydrogen-bond acceptors (Lipinski definition) is 3. The van der Waals surface area contributed by atoms with Crippen molar-refractivity contribution < 1.29 is 15.0 Å². The van der Waals surface area contributed by atoms with E-state index in [0.717, 1.165) is 57.8 Å². The summed E-state index contributed by atoms with van der Waals surface area (Å²) in [5.41, 5.74) is 0. The molecular weight excluding hydrogens is 542 g/mol. The molecule has 0 fully saturated rings. The average Bonchev–Trinajstić information content (AvgIpc) is 3.03. The first-order valence-corrected chi connectivity index (χ1v) is 18.9. The van der Waals surface area contributed by atoms with Crippen LogP contribution in [-0.2, 0) is 4.79 Å². The highest BCUT2D eigenvalue weighted by Gasteiger charge is 2.17. The zero-order valence-corrected chi connectivity index (χ0v) is 29.2. The summed E-state index contributed by atoms with van der Waals surface area (Å²) in [4.78, 5) is 12.3. The van der Waals surface area contributed by atoms with Crippen molar-refractivity contribution in [3.63, 3.8) is 0 Å². The van der Waals surface area contributed by atoms with Crippen LogP contribution in [0.25, 0.3) is 0 Å². The summed E-state index contributed by atoms with van der Waals surface area (Å²) in [7, 11) is 0. The van der Waals surface area contributed by atoms with E-state index in [1.807, 2.05) is 6.08 Å². The van der Waals surface area contributed by atoms with E-state index in [1.165, 1.54) is 103 Å². The van der Waals surface area contributed by atoms with Crippen molar-refractivity contribution >= 4 is 5.91 Å². The van der Waals surface area contributed by atoms with Crippen LogP contribution in [-0.4, -0.2) is 34.9 Å². The van der Waals surface area contributed by atoms with Gasteiger partial charge in [-0.05, 0) is 51.4 Å². The Hall–Kier alpha value is -1.65. The maximum Gasteiger partial charge on any atom is 0.220 e. The molecule has 0 aliphatic heterocycles. The predicted octanol–water partition coefficient (Wildman–Crippen LogP) is 11.2. The highest BCUT2D eigenvalue weighted by atomic mass is 16.3. The van der Waals surface area contributed by atoms with Gasteiger partial charge in [0.15, 0.2) is 0 Å². The molecule has 0 saturated heterocycles. The Bertz CT molecular complexity index is 711. The molecular formula is C40H73NO3. The van der Waals surface area contributed by atoms with Crippen molar-refractivity contribution in [2.75, 3.05) is 6.61 Å². The smallest absolute Gasteiger partial charge is 0.220 e. The zero-order chi connectivity index (χ0) is 32.2. The Kier molecular flexibility index (Phi) is 34.5. The summed E-state index contributed by atoms with van der Waals surface area (Å²) in [6.45, 7) is 4.17. The molecule has 4 nitrogen and oxygen atoms in total. The SMILES string of the molecule is CC/C=C\C/C=C\C/C=C\CCCCCC(=O)NC(CO)C(O)/C=C/CCCCCCCCCCCCCCCCCCC. The minimum atomic E-state index is -0.850. The minimum Gasteiger partial charge on any atom is -0.394 e. The monoisotopic (exact) mass is 616 g/mol. The largest absolute Gasteiger partial charge is 0.394 e. The third-order valence-corrected chi connectivity index (χ3v) is 8.32. The minimum absolute atomic E-state index is 0.0949. The fraction of sp³-hybridized carbons (Fsp3) is 0.775. The fourth-order valence-corrected chi connectivity index (χ4v) is 5.43. The van der Waals surface area contributed by atoms with Gasteiger partial charge < -0.3 is 15.5 Å². The topological polar surface area (TPSA) is 69.6 Å². The molecule has 3 N–H and O–H groups in total. The van der Waals surface area contributed by atoms with E-state index in [-0.39, 0.29) is 12.5 Å².